The molecule has 0 heterocycles. The Balaban J connectivity index is 4.29. The van der Waals surface area contributed by atoms with Crippen molar-refractivity contribution in [2.45, 2.75) is 85.6 Å². The Morgan fingerprint density at radius 3 is 1.94 bits per heavy atom. The standard InChI is InChI=1S/C15H31NO/c1-6-8-10-15(5,11-9-7-2)12-14(17)16-13(3)4/h13H,6-12H2,1-5H3,(H,16,17). The molecule has 0 radical (unpaired) electrons. The van der Waals surface area contributed by atoms with Gasteiger partial charge in [-0.3, -0.25) is 4.79 Å². The maximum Gasteiger partial charge on any atom is 0.220 e. The van der Waals surface area contributed by atoms with Crippen LogP contribution in [0.2, 0.25) is 0 Å². The van der Waals surface area contributed by atoms with E-state index < -0.39 is 0 Å². The Hall–Kier alpha value is -0.530. The first-order valence-electron chi connectivity index (χ1n) is 7.23. The van der Waals surface area contributed by atoms with Crippen LogP contribution >= 0.6 is 0 Å². The molecule has 2 heteroatoms. The molecule has 0 aliphatic carbocycles. The van der Waals surface area contributed by atoms with Crippen LogP contribution < -0.4 is 5.32 Å². The molecular formula is C15H31NO. The van der Waals surface area contributed by atoms with Gasteiger partial charge in [0.25, 0.3) is 0 Å². The molecule has 0 aliphatic heterocycles. The molecule has 1 amide bonds. The van der Waals surface area contributed by atoms with Crippen LogP contribution in [0.1, 0.15) is 79.6 Å². The van der Waals surface area contributed by atoms with E-state index in [2.05, 4.69) is 26.1 Å². The lowest BCUT2D eigenvalue weighted by atomic mass is 9.77. The van der Waals surface area contributed by atoms with Gasteiger partial charge >= 0.3 is 0 Å². The summed E-state index contributed by atoms with van der Waals surface area (Å²) in [5.41, 5.74) is 0.199. The minimum Gasteiger partial charge on any atom is -0.354 e. The van der Waals surface area contributed by atoms with Crippen LogP contribution in [-0.2, 0) is 4.79 Å². The Bertz CT molecular complexity index is 203. The molecule has 0 saturated heterocycles. The fourth-order valence-electron chi connectivity index (χ4n) is 2.27. The molecule has 0 fully saturated rings. The molecule has 0 aromatic heterocycles. The monoisotopic (exact) mass is 241 g/mol. The van der Waals surface area contributed by atoms with E-state index in [4.69, 9.17) is 0 Å². The Labute approximate surface area is 108 Å². The van der Waals surface area contributed by atoms with Gasteiger partial charge in [-0.25, -0.2) is 0 Å². The van der Waals surface area contributed by atoms with Crippen molar-refractivity contribution in [3.8, 4) is 0 Å². The SMILES string of the molecule is CCCCC(C)(CCCC)CC(=O)NC(C)C. The molecule has 0 atom stereocenters. The summed E-state index contributed by atoms with van der Waals surface area (Å²) in [5, 5.41) is 3.01. The Morgan fingerprint density at radius 2 is 1.59 bits per heavy atom. The Morgan fingerprint density at radius 1 is 1.12 bits per heavy atom. The number of hydrogen-bond donors (Lipinski definition) is 1. The Kier molecular flexibility index (Phi) is 8.28. The van der Waals surface area contributed by atoms with Gasteiger partial charge in [0, 0.05) is 12.5 Å². The van der Waals surface area contributed by atoms with Gasteiger partial charge in [-0.1, -0.05) is 46.5 Å². The van der Waals surface area contributed by atoms with Gasteiger partial charge in [0.2, 0.25) is 5.91 Å². The predicted molar refractivity (Wildman–Crippen MR) is 75.1 cm³/mol. The third-order valence-corrected chi connectivity index (χ3v) is 3.30. The molecule has 0 aliphatic rings. The molecule has 102 valence electrons. The second-order valence-corrected chi connectivity index (χ2v) is 5.92. The number of rotatable bonds is 9. The fraction of sp³-hybridized carbons (Fsp3) is 0.933. The third kappa shape index (κ3) is 8.23. The summed E-state index contributed by atoms with van der Waals surface area (Å²) in [5.74, 6) is 0.217. The minimum atomic E-state index is 0.199. The van der Waals surface area contributed by atoms with Crippen molar-refractivity contribution in [1.29, 1.82) is 0 Å². The average Bonchev–Trinajstić information content (AvgIpc) is 2.22. The highest BCUT2D eigenvalue weighted by Gasteiger charge is 2.26. The van der Waals surface area contributed by atoms with E-state index >= 15 is 0 Å². The van der Waals surface area contributed by atoms with Gasteiger partial charge in [-0.05, 0) is 32.1 Å². The number of amides is 1. The van der Waals surface area contributed by atoms with E-state index in [1.165, 1.54) is 38.5 Å². The van der Waals surface area contributed by atoms with E-state index in [1.807, 2.05) is 13.8 Å². The smallest absolute Gasteiger partial charge is 0.220 e. The van der Waals surface area contributed by atoms with Gasteiger partial charge in [0.05, 0.1) is 0 Å². The molecule has 0 aromatic carbocycles. The topological polar surface area (TPSA) is 29.1 Å². The highest BCUT2D eigenvalue weighted by Crippen LogP contribution is 2.34. The van der Waals surface area contributed by atoms with Crippen molar-refractivity contribution in [2.24, 2.45) is 5.41 Å². The highest BCUT2D eigenvalue weighted by molar-refractivity contribution is 5.76. The van der Waals surface area contributed by atoms with Crippen molar-refractivity contribution in [3.63, 3.8) is 0 Å². The van der Waals surface area contributed by atoms with Gasteiger partial charge in [-0.15, -0.1) is 0 Å². The lowest BCUT2D eigenvalue weighted by molar-refractivity contribution is -0.124. The molecule has 0 unspecified atom stereocenters. The summed E-state index contributed by atoms with van der Waals surface area (Å²) in [6.07, 6.45) is 7.93. The molecule has 0 saturated carbocycles. The van der Waals surface area contributed by atoms with Gasteiger partial charge < -0.3 is 5.32 Å². The first kappa shape index (κ1) is 16.5. The zero-order valence-corrected chi connectivity index (χ0v) is 12.4. The van der Waals surface area contributed by atoms with Crippen molar-refractivity contribution in [1.82, 2.24) is 5.32 Å². The van der Waals surface area contributed by atoms with Crippen LogP contribution in [0.15, 0.2) is 0 Å². The van der Waals surface area contributed by atoms with Gasteiger partial charge in [-0.2, -0.15) is 0 Å². The third-order valence-electron chi connectivity index (χ3n) is 3.30. The number of carbonyl (C=O) groups excluding carboxylic acids is 1. The first-order chi connectivity index (χ1) is 7.93. The maximum absolute atomic E-state index is 11.9. The summed E-state index contributed by atoms with van der Waals surface area (Å²) in [6.45, 7) is 10.8. The van der Waals surface area contributed by atoms with Gasteiger partial charge in [0.15, 0.2) is 0 Å². The van der Waals surface area contributed by atoms with Crippen LogP contribution in [-0.4, -0.2) is 11.9 Å². The normalized spacial score (nSPS) is 11.9. The zero-order valence-electron chi connectivity index (χ0n) is 12.4. The quantitative estimate of drug-likeness (QED) is 0.641. The molecule has 0 aromatic rings. The van der Waals surface area contributed by atoms with E-state index in [9.17, 15) is 4.79 Å². The summed E-state index contributed by atoms with van der Waals surface area (Å²) in [4.78, 5) is 11.9. The van der Waals surface area contributed by atoms with Crippen molar-refractivity contribution < 1.29 is 4.79 Å². The van der Waals surface area contributed by atoms with Crippen LogP contribution in [0.5, 0.6) is 0 Å². The number of carbonyl (C=O) groups is 1. The molecule has 0 bridgehead atoms. The highest BCUT2D eigenvalue weighted by atomic mass is 16.1. The summed E-state index contributed by atoms with van der Waals surface area (Å²) < 4.78 is 0. The minimum absolute atomic E-state index is 0.199. The number of unbranched alkanes of at least 4 members (excludes halogenated alkanes) is 2. The maximum atomic E-state index is 11.9. The summed E-state index contributed by atoms with van der Waals surface area (Å²) in [7, 11) is 0. The lowest BCUT2D eigenvalue weighted by Gasteiger charge is -2.29. The van der Waals surface area contributed by atoms with Crippen LogP contribution in [0.3, 0.4) is 0 Å². The lowest BCUT2D eigenvalue weighted by Crippen LogP contribution is -2.34. The molecule has 0 spiro atoms. The van der Waals surface area contributed by atoms with E-state index in [0.717, 1.165) is 0 Å². The molecule has 0 rings (SSSR count). The number of nitrogens with one attached hydrogen (secondary N) is 1. The summed E-state index contributed by atoms with van der Waals surface area (Å²) >= 11 is 0. The predicted octanol–water partition coefficient (Wildman–Crippen LogP) is 4.29. The fourth-order valence-corrected chi connectivity index (χ4v) is 2.27. The van der Waals surface area contributed by atoms with Crippen LogP contribution in [0.25, 0.3) is 0 Å². The molecule has 2 nitrogen and oxygen atoms in total. The van der Waals surface area contributed by atoms with Gasteiger partial charge in [0.1, 0.15) is 0 Å². The zero-order chi connectivity index (χ0) is 13.3. The molecule has 17 heavy (non-hydrogen) atoms. The second-order valence-electron chi connectivity index (χ2n) is 5.92. The average molecular weight is 241 g/mol. The van der Waals surface area contributed by atoms with Crippen LogP contribution in [0, 0.1) is 5.41 Å². The first-order valence-corrected chi connectivity index (χ1v) is 7.23. The summed E-state index contributed by atoms with van der Waals surface area (Å²) in [6, 6.07) is 0.254. The molecule has 1 N–H and O–H groups in total. The van der Waals surface area contributed by atoms with Crippen molar-refractivity contribution in [3.05, 3.63) is 0 Å². The largest absolute Gasteiger partial charge is 0.354 e. The second kappa shape index (κ2) is 8.54. The van der Waals surface area contributed by atoms with Crippen LogP contribution in [0.4, 0.5) is 0 Å². The van der Waals surface area contributed by atoms with Crippen molar-refractivity contribution >= 4 is 5.91 Å². The van der Waals surface area contributed by atoms with E-state index in [1.54, 1.807) is 0 Å². The van der Waals surface area contributed by atoms with E-state index in [-0.39, 0.29) is 17.4 Å². The molecular weight excluding hydrogens is 210 g/mol. The van der Waals surface area contributed by atoms with E-state index in [0.29, 0.717) is 6.42 Å². The van der Waals surface area contributed by atoms with Crippen molar-refractivity contribution in [2.75, 3.05) is 0 Å². The number of hydrogen-bond acceptors (Lipinski definition) is 1.